The minimum atomic E-state index is 0.517. The quantitative estimate of drug-likeness (QED) is 0.671. The van der Waals surface area contributed by atoms with Crippen LogP contribution in [0.4, 0.5) is 5.82 Å². The summed E-state index contributed by atoms with van der Waals surface area (Å²) < 4.78 is 1.79. The number of unbranched alkanes of at least 4 members (excludes halogenated alkanes) is 1. The van der Waals surface area contributed by atoms with Crippen molar-refractivity contribution in [2.45, 2.75) is 26.3 Å². The number of hydrogen-bond donors (Lipinski definition) is 1. The number of anilines is 1. The van der Waals surface area contributed by atoms with Gasteiger partial charge in [-0.25, -0.2) is 0 Å². The average Bonchev–Trinajstić information content (AvgIpc) is 2.44. The van der Waals surface area contributed by atoms with E-state index < -0.39 is 0 Å². The van der Waals surface area contributed by atoms with Gasteiger partial charge in [0.15, 0.2) is 0 Å². The molecule has 1 aromatic heterocycles. The Morgan fingerprint density at radius 1 is 1.32 bits per heavy atom. The third kappa shape index (κ3) is 3.08. The Kier molecular flexibility index (Phi) is 4.09. The molecule has 1 heterocycles. The number of hydrogen-bond acceptors (Lipinski definition) is 3. The van der Waals surface area contributed by atoms with Crippen molar-refractivity contribution in [1.29, 1.82) is 5.26 Å². The number of rotatable bonds is 4. The van der Waals surface area contributed by atoms with E-state index in [2.05, 4.69) is 11.2 Å². The Labute approximate surface area is 113 Å². The highest BCUT2D eigenvalue weighted by molar-refractivity contribution is 5.59. The first-order valence-electron chi connectivity index (χ1n) is 6.32. The van der Waals surface area contributed by atoms with E-state index in [-0.39, 0.29) is 0 Å². The first kappa shape index (κ1) is 13.0. The van der Waals surface area contributed by atoms with E-state index in [0.717, 1.165) is 23.2 Å². The van der Waals surface area contributed by atoms with Gasteiger partial charge in [0.1, 0.15) is 12.2 Å². The van der Waals surface area contributed by atoms with Gasteiger partial charge in [-0.05, 0) is 13.0 Å². The number of nitriles is 1. The lowest BCUT2D eigenvalue weighted by atomic mass is 10.1. The molecule has 0 amide bonds. The second-order valence-corrected chi connectivity index (χ2v) is 4.45. The Bertz CT molecular complexity index is 600. The average molecular weight is 253 g/mol. The maximum Gasteiger partial charge on any atom is 0.295 e. The summed E-state index contributed by atoms with van der Waals surface area (Å²) in [5.74, 6) is 0.664. The van der Waals surface area contributed by atoms with Crippen molar-refractivity contribution >= 4 is 5.82 Å². The van der Waals surface area contributed by atoms with Crippen LogP contribution in [0.15, 0.2) is 36.4 Å². The summed E-state index contributed by atoms with van der Waals surface area (Å²) in [5.41, 5.74) is 9.01. The smallest absolute Gasteiger partial charge is 0.285 e. The fourth-order valence-corrected chi connectivity index (χ4v) is 1.92. The minimum Gasteiger partial charge on any atom is -0.285 e. The molecule has 0 saturated heterocycles. The first-order valence-corrected chi connectivity index (χ1v) is 6.32. The van der Waals surface area contributed by atoms with Gasteiger partial charge in [-0.3, -0.25) is 5.73 Å². The number of aryl methyl sites for hydroxylation is 2. The van der Waals surface area contributed by atoms with Gasteiger partial charge in [-0.1, -0.05) is 35.4 Å². The van der Waals surface area contributed by atoms with Crippen LogP contribution >= 0.6 is 0 Å². The maximum atomic E-state index is 8.59. The minimum absolute atomic E-state index is 0.517. The molecule has 2 aromatic rings. The van der Waals surface area contributed by atoms with Gasteiger partial charge in [0.05, 0.1) is 6.07 Å². The van der Waals surface area contributed by atoms with Crippen molar-refractivity contribution in [1.82, 2.24) is 5.10 Å². The van der Waals surface area contributed by atoms with E-state index in [1.165, 1.54) is 0 Å². The summed E-state index contributed by atoms with van der Waals surface area (Å²) in [5, 5.41) is 13.1. The summed E-state index contributed by atoms with van der Waals surface area (Å²) in [6.07, 6.45) is 1.28. The zero-order valence-electron chi connectivity index (χ0n) is 11.0. The number of nitrogens with zero attached hydrogens (tertiary/aromatic N) is 3. The van der Waals surface area contributed by atoms with E-state index in [0.29, 0.717) is 18.8 Å². The Balaban J connectivity index is 2.34. The lowest BCUT2D eigenvalue weighted by Crippen LogP contribution is -2.42. The van der Waals surface area contributed by atoms with Crippen LogP contribution in [0.1, 0.15) is 18.4 Å². The summed E-state index contributed by atoms with van der Waals surface area (Å²) in [7, 11) is 0. The van der Waals surface area contributed by atoms with E-state index in [1.54, 1.807) is 4.68 Å². The van der Waals surface area contributed by atoms with Gasteiger partial charge in [0, 0.05) is 24.0 Å². The van der Waals surface area contributed by atoms with Gasteiger partial charge in [0.2, 0.25) is 0 Å². The van der Waals surface area contributed by atoms with Gasteiger partial charge in [0.25, 0.3) is 5.82 Å². The largest absolute Gasteiger partial charge is 0.295 e. The molecule has 0 aliphatic rings. The molecule has 0 radical (unpaired) electrons. The highest BCUT2D eigenvalue weighted by Crippen LogP contribution is 2.17. The Hall–Kier alpha value is -2.41. The molecular formula is C15H17N4+. The normalized spacial score (nSPS) is 10.1. The zero-order valence-corrected chi connectivity index (χ0v) is 11.0. The number of nitrogen functional groups attached to an aromatic ring is 1. The molecule has 0 atom stereocenters. The van der Waals surface area contributed by atoms with Crippen molar-refractivity contribution in [3.05, 3.63) is 42.0 Å². The van der Waals surface area contributed by atoms with Crippen molar-refractivity contribution in [2.24, 2.45) is 0 Å². The molecule has 2 N–H and O–H groups in total. The number of aromatic nitrogens is 2. The highest BCUT2D eigenvalue weighted by atomic mass is 15.3. The van der Waals surface area contributed by atoms with Crippen molar-refractivity contribution in [2.75, 3.05) is 5.73 Å². The van der Waals surface area contributed by atoms with Gasteiger partial charge < -0.3 is 0 Å². The van der Waals surface area contributed by atoms with Crippen LogP contribution in [0.3, 0.4) is 0 Å². The van der Waals surface area contributed by atoms with Crippen LogP contribution in [-0.4, -0.2) is 5.10 Å². The second-order valence-electron chi connectivity index (χ2n) is 4.45. The topological polar surface area (TPSA) is 66.6 Å². The molecule has 0 saturated carbocycles. The first-order chi connectivity index (χ1) is 9.22. The lowest BCUT2D eigenvalue weighted by molar-refractivity contribution is -0.740. The predicted octanol–water partition coefficient (Wildman–Crippen LogP) is 2.23. The third-order valence-corrected chi connectivity index (χ3v) is 2.99. The highest BCUT2D eigenvalue weighted by Gasteiger charge is 2.13. The van der Waals surface area contributed by atoms with Crippen molar-refractivity contribution < 1.29 is 4.68 Å². The second kappa shape index (κ2) is 5.96. The van der Waals surface area contributed by atoms with E-state index in [4.69, 9.17) is 11.0 Å². The van der Waals surface area contributed by atoms with Gasteiger partial charge >= 0.3 is 0 Å². The Morgan fingerprint density at radius 3 is 2.74 bits per heavy atom. The van der Waals surface area contributed by atoms with Crippen LogP contribution < -0.4 is 10.4 Å². The molecule has 2 rings (SSSR count). The van der Waals surface area contributed by atoms with Crippen LogP contribution in [0.2, 0.25) is 0 Å². The number of nitrogens with two attached hydrogens (primary N) is 1. The van der Waals surface area contributed by atoms with Gasteiger partial charge in [-0.15, -0.1) is 4.68 Å². The van der Waals surface area contributed by atoms with Crippen LogP contribution in [-0.2, 0) is 6.54 Å². The van der Waals surface area contributed by atoms with Crippen LogP contribution in [0.5, 0.6) is 0 Å². The molecule has 96 valence electrons. The number of benzene rings is 1. The molecule has 0 unspecified atom stereocenters. The fourth-order valence-electron chi connectivity index (χ4n) is 1.92. The van der Waals surface area contributed by atoms with E-state index in [1.807, 2.05) is 43.3 Å². The molecule has 0 bridgehead atoms. The summed E-state index contributed by atoms with van der Waals surface area (Å²) in [6.45, 7) is 2.64. The molecular weight excluding hydrogens is 236 g/mol. The monoisotopic (exact) mass is 253 g/mol. The SMILES string of the molecule is Cc1cc(-c2ccccc2)n[n+](CCCC#N)c1N. The summed E-state index contributed by atoms with van der Waals surface area (Å²) >= 11 is 0. The molecule has 0 aliphatic heterocycles. The van der Waals surface area contributed by atoms with E-state index in [9.17, 15) is 0 Å². The zero-order chi connectivity index (χ0) is 13.7. The third-order valence-electron chi connectivity index (χ3n) is 2.99. The molecule has 19 heavy (non-hydrogen) atoms. The van der Waals surface area contributed by atoms with Gasteiger partial charge in [-0.2, -0.15) is 5.26 Å². The molecule has 1 aromatic carbocycles. The summed E-state index contributed by atoms with van der Waals surface area (Å²) in [6, 6.07) is 14.1. The Morgan fingerprint density at radius 2 is 2.05 bits per heavy atom. The molecule has 4 nitrogen and oxygen atoms in total. The lowest BCUT2D eigenvalue weighted by Gasteiger charge is -2.06. The summed E-state index contributed by atoms with van der Waals surface area (Å²) in [4.78, 5) is 0. The molecule has 0 spiro atoms. The molecule has 0 aliphatic carbocycles. The fraction of sp³-hybridized carbons (Fsp3) is 0.267. The van der Waals surface area contributed by atoms with Crippen LogP contribution in [0, 0.1) is 18.3 Å². The molecule has 4 heteroatoms. The maximum absolute atomic E-state index is 8.59. The predicted molar refractivity (Wildman–Crippen MR) is 73.9 cm³/mol. The molecule has 0 fully saturated rings. The van der Waals surface area contributed by atoms with Crippen LogP contribution in [0.25, 0.3) is 11.3 Å². The van der Waals surface area contributed by atoms with Crippen molar-refractivity contribution in [3.63, 3.8) is 0 Å². The van der Waals surface area contributed by atoms with Crippen molar-refractivity contribution in [3.8, 4) is 17.3 Å². The van der Waals surface area contributed by atoms with E-state index >= 15 is 0 Å². The standard InChI is InChI=1S/C15H16N4/c1-12-11-14(13-7-3-2-4-8-13)18-19(15(12)17)10-6-5-9-16/h2-4,7-8,11,17H,5-6,10H2,1H3/p+1.